The Balaban J connectivity index is 1.50. The Hall–Kier alpha value is -3.19. The summed E-state index contributed by atoms with van der Waals surface area (Å²) in [5, 5.41) is 4.05. The van der Waals surface area contributed by atoms with Crippen LogP contribution in [0, 0.1) is 5.92 Å². The second kappa shape index (κ2) is 7.74. The molecule has 0 aliphatic heterocycles. The van der Waals surface area contributed by atoms with Crippen LogP contribution in [0.5, 0.6) is 0 Å². The molecule has 7 heteroatoms. The fourth-order valence-electron chi connectivity index (χ4n) is 5.16. The summed E-state index contributed by atoms with van der Waals surface area (Å²) >= 11 is 1.62. The van der Waals surface area contributed by atoms with E-state index in [1.54, 1.807) is 11.3 Å². The lowest BCUT2D eigenvalue weighted by Crippen LogP contribution is -2.32. The van der Waals surface area contributed by atoms with Gasteiger partial charge in [-0.3, -0.25) is 9.13 Å². The molecule has 4 heterocycles. The van der Waals surface area contributed by atoms with E-state index in [4.69, 9.17) is 4.98 Å². The minimum Gasteiger partial charge on any atom is -0.346 e. The zero-order chi connectivity index (χ0) is 21.7. The van der Waals surface area contributed by atoms with Gasteiger partial charge in [0.1, 0.15) is 10.7 Å². The third-order valence-electron chi connectivity index (χ3n) is 6.80. The summed E-state index contributed by atoms with van der Waals surface area (Å²) in [6.07, 6.45) is 8.36. The average Bonchev–Trinajstić information content (AvgIpc) is 3.54. The number of thiazole rings is 1. The van der Waals surface area contributed by atoms with Gasteiger partial charge in [-0.2, -0.15) is 0 Å². The number of aromatic nitrogens is 5. The van der Waals surface area contributed by atoms with Crippen LogP contribution in [-0.2, 0) is 6.54 Å². The first kappa shape index (κ1) is 19.5. The van der Waals surface area contributed by atoms with Crippen LogP contribution < -0.4 is 5.69 Å². The van der Waals surface area contributed by atoms with Gasteiger partial charge >= 0.3 is 5.69 Å². The maximum Gasteiger partial charge on any atom is 0.329 e. The summed E-state index contributed by atoms with van der Waals surface area (Å²) in [6.45, 7) is 2.73. The normalized spacial score (nSPS) is 19.2. The molecular formula is C25H25N5OS. The van der Waals surface area contributed by atoms with Crippen LogP contribution in [0.4, 0.5) is 0 Å². The highest BCUT2D eigenvalue weighted by molar-refractivity contribution is 7.13. The number of fused-ring (bicyclic) bond motifs is 3. The molecule has 0 saturated heterocycles. The number of H-pyrrole nitrogens is 1. The number of imidazole rings is 1. The molecule has 0 spiro atoms. The molecule has 1 aromatic carbocycles. The lowest BCUT2D eigenvalue weighted by molar-refractivity contribution is 0.256. The summed E-state index contributed by atoms with van der Waals surface area (Å²) in [6, 6.07) is 12.4. The van der Waals surface area contributed by atoms with Gasteiger partial charge in [0, 0.05) is 28.6 Å². The van der Waals surface area contributed by atoms with Crippen LogP contribution in [0.3, 0.4) is 0 Å². The Bertz CT molecular complexity index is 1460. The van der Waals surface area contributed by atoms with Crippen molar-refractivity contribution in [3.05, 3.63) is 70.4 Å². The molecule has 1 N–H and O–H groups in total. The molecule has 1 saturated carbocycles. The summed E-state index contributed by atoms with van der Waals surface area (Å²) < 4.78 is 3.92. The number of hydrogen-bond donors (Lipinski definition) is 1. The molecule has 0 unspecified atom stereocenters. The van der Waals surface area contributed by atoms with E-state index in [0.717, 1.165) is 51.2 Å². The van der Waals surface area contributed by atoms with Gasteiger partial charge in [-0.25, -0.2) is 14.8 Å². The average molecular weight is 444 g/mol. The van der Waals surface area contributed by atoms with E-state index in [-0.39, 0.29) is 11.7 Å². The highest BCUT2D eigenvalue weighted by atomic mass is 32.1. The van der Waals surface area contributed by atoms with Gasteiger partial charge in [-0.15, -0.1) is 11.3 Å². The third-order valence-corrected chi connectivity index (χ3v) is 7.74. The monoisotopic (exact) mass is 443 g/mol. The first-order chi connectivity index (χ1) is 15.7. The molecule has 2 atom stereocenters. The largest absolute Gasteiger partial charge is 0.346 e. The van der Waals surface area contributed by atoms with Crippen molar-refractivity contribution in [3.63, 3.8) is 0 Å². The zero-order valence-electron chi connectivity index (χ0n) is 18.0. The predicted molar refractivity (Wildman–Crippen MR) is 129 cm³/mol. The molecule has 1 fully saturated rings. The van der Waals surface area contributed by atoms with Crippen LogP contribution in [0.1, 0.15) is 44.3 Å². The van der Waals surface area contributed by atoms with Crippen molar-refractivity contribution in [3.8, 4) is 10.6 Å². The number of rotatable bonds is 4. The Morgan fingerprint density at radius 2 is 2.00 bits per heavy atom. The van der Waals surface area contributed by atoms with Gasteiger partial charge in [0.2, 0.25) is 0 Å². The molecule has 0 radical (unpaired) electrons. The molecule has 1 aliphatic rings. The fourth-order valence-corrected chi connectivity index (χ4v) is 5.98. The lowest BCUT2D eigenvalue weighted by Gasteiger charge is -2.29. The molecule has 4 aromatic heterocycles. The highest BCUT2D eigenvalue weighted by Gasteiger charge is 2.29. The Kier molecular flexibility index (Phi) is 4.72. The molecule has 6 nitrogen and oxygen atoms in total. The maximum absolute atomic E-state index is 13.8. The summed E-state index contributed by atoms with van der Waals surface area (Å²) in [5.41, 5.74) is 4.76. The Morgan fingerprint density at radius 3 is 2.84 bits per heavy atom. The molecule has 0 bridgehead atoms. The van der Waals surface area contributed by atoms with E-state index in [0.29, 0.717) is 12.5 Å². The predicted octanol–water partition coefficient (Wildman–Crippen LogP) is 5.60. The summed E-state index contributed by atoms with van der Waals surface area (Å²) in [4.78, 5) is 26.5. The van der Waals surface area contributed by atoms with Gasteiger partial charge in [-0.05, 0) is 24.8 Å². The van der Waals surface area contributed by atoms with Crippen LogP contribution in [-0.4, -0.2) is 24.1 Å². The molecule has 0 amide bonds. The topological polar surface area (TPSA) is 68.5 Å². The third kappa shape index (κ3) is 3.11. The van der Waals surface area contributed by atoms with Gasteiger partial charge in [0.25, 0.3) is 0 Å². The van der Waals surface area contributed by atoms with Crippen molar-refractivity contribution in [2.45, 2.75) is 45.2 Å². The van der Waals surface area contributed by atoms with E-state index < -0.39 is 0 Å². The van der Waals surface area contributed by atoms with E-state index in [2.05, 4.69) is 39.0 Å². The zero-order valence-corrected chi connectivity index (χ0v) is 18.8. The molecule has 6 rings (SSSR count). The van der Waals surface area contributed by atoms with Gasteiger partial charge in [-0.1, -0.05) is 50.1 Å². The van der Waals surface area contributed by atoms with Crippen LogP contribution in [0.25, 0.3) is 32.6 Å². The fraction of sp³-hybridized carbons (Fsp3) is 0.320. The van der Waals surface area contributed by atoms with Crippen molar-refractivity contribution in [2.24, 2.45) is 5.92 Å². The van der Waals surface area contributed by atoms with Crippen LogP contribution in [0.15, 0.2) is 59.0 Å². The molecule has 1 aliphatic carbocycles. The first-order valence-electron chi connectivity index (χ1n) is 11.3. The van der Waals surface area contributed by atoms with Crippen molar-refractivity contribution >= 4 is 33.4 Å². The van der Waals surface area contributed by atoms with Gasteiger partial charge in [0.15, 0.2) is 0 Å². The number of benzene rings is 1. The summed E-state index contributed by atoms with van der Waals surface area (Å²) in [5.74, 6) is 0.478. The van der Waals surface area contributed by atoms with E-state index >= 15 is 0 Å². The molecule has 162 valence electrons. The number of nitrogens with one attached hydrogen (secondary N) is 1. The van der Waals surface area contributed by atoms with Crippen LogP contribution >= 0.6 is 11.3 Å². The second-order valence-electron chi connectivity index (χ2n) is 8.81. The van der Waals surface area contributed by atoms with Crippen molar-refractivity contribution in [2.75, 3.05) is 0 Å². The SMILES string of the molecule is C[C@@H]1CCCC[C@@H]1n1c(=O)n(Cc2csc(-c3ccccc3)n2)c2cnc3[nH]ccc3c21. The number of nitrogens with zero attached hydrogens (tertiary/aromatic N) is 4. The smallest absolute Gasteiger partial charge is 0.329 e. The minimum atomic E-state index is 0.0449. The van der Waals surface area contributed by atoms with Crippen molar-refractivity contribution < 1.29 is 0 Å². The van der Waals surface area contributed by atoms with Crippen molar-refractivity contribution in [1.82, 2.24) is 24.1 Å². The first-order valence-corrected chi connectivity index (χ1v) is 12.2. The van der Waals surface area contributed by atoms with Gasteiger partial charge < -0.3 is 4.98 Å². The second-order valence-corrected chi connectivity index (χ2v) is 9.67. The number of hydrogen-bond acceptors (Lipinski definition) is 4. The van der Waals surface area contributed by atoms with E-state index in [1.807, 2.05) is 41.2 Å². The Labute approximate surface area is 189 Å². The molecular weight excluding hydrogens is 418 g/mol. The lowest BCUT2D eigenvalue weighted by atomic mass is 9.85. The quantitative estimate of drug-likeness (QED) is 0.393. The number of aromatic amines is 1. The number of pyridine rings is 1. The van der Waals surface area contributed by atoms with E-state index in [9.17, 15) is 4.79 Å². The standard InChI is InChI=1S/C25H25N5OS/c1-16-7-5-6-10-20(16)30-22-19-11-12-26-23(19)27-13-21(22)29(25(30)31)14-18-15-32-24(28-18)17-8-3-2-4-9-17/h2-4,8-9,11-13,15-16,20H,5-7,10,14H2,1H3,(H,26,27)/t16-,20+/m1/s1. The molecule has 5 aromatic rings. The maximum atomic E-state index is 13.8. The van der Waals surface area contributed by atoms with Crippen molar-refractivity contribution in [1.29, 1.82) is 0 Å². The highest BCUT2D eigenvalue weighted by Crippen LogP contribution is 2.36. The molecule has 32 heavy (non-hydrogen) atoms. The summed E-state index contributed by atoms with van der Waals surface area (Å²) in [7, 11) is 0. The van der Waals surface area contributed by atoms with Gasteiger partial charge in [0.05, 0.1) is 29.5 Å². The Morgan fingerprint density at radius 1 is 1.16 bits per heavy atom. The van der Waals surface area contributed by atoms with E-state index in [1.165, 1.54) is 12.8 Å². The minimum absolute atomic E-state index is 0.0449. The van der Waals surface area contributed by atoms with Crippen LogP contribution in [0.2, 0.25) is 0 Å².